The van der Waals surface area contributed by atoms with Gasteiger partial charge in [-0.25, -0.2) is 4.79 Å². The molecule has 1 atom stereocenters. The number of carboxylic acid groups (broad SMARTS) is 1. The van der Waals surface area contributed by atoms with Gasteiger partial charge in [-0.05, 0) is 32.6 Å². The summed E-state index contributed by atoms with van der Waals surface area (Å²) in [6.45, 7) is 9.50. The number of carbonyl (C=O) groups is 1. The molecule has 5 nitrogen and oxygen atoms in total. The maximum atomic E-state index is 11.2. The van der Waals surface area contributed by atoms with Crippen molar-refractivity contribution in [1.82, 2.24) is 9.80 Å². The predicted octanol–water partition coefficient (Wildman–Crippen LogP) is 1.49. The highest BCUT2D eigenvalue weighted by molar-refractivity contribution is 5.66. The van der Waals surface area contributed by atoms with E-state index in [2.05, 4.69) is 4.90 Å². The van der Waals surface area contributed by atoms with Gasteiger partial charge < -0.3 is 14.7 Å². The van der Waals surface area contributed by atoms with Gasteiger partial charge >= 0.3 is 6.09 Å². The van der Waals surface area contributed by atoms with E-state index in [1.807, 2.05) is 13.8 Å². The molecule has 2 saturated heterocycles. The standard InChI is InChI=1S/C13H24N2O3/c1-13(2)9-11(3-4-15(13)12(16)17)10-14-5-7-18-8-6-14/h11H,3-10H2,1-2H3,(H,16,17). The molecule has 2 fully saturated rings. The van der Waals surface area contributed by atoms with Crippen LogP contribution in [-0.4, -0.2) is 65.9 Å². The van der Waals surface area contributed by atoms with Gasteiger partial charge in [-0.1, -0.05) is 0 Å². The van der Waals surface area contributed by atoms with Crippen molar-refractivity contribution in [2.75, 3.05) is 39.4 Å². The Labute approximate surface area is 109 Å². The molecule has 0 saturated carbocycles. The van der Waals surface area contributed by atoms with E-state index in [1.54, 1.807) is 4.90 Å². The molecule has 2 rings (SSSR count). The second-order valence-corrected chi connectivity index (χ2v) is 6.02. The van der Waals surface area contributed by atoms with E-state index in [9.17, 15) is 9.90 Å². The van der Waals surface area contributed by atoms with Gasteiger partial charge in [0.05, 0.1) is 13.2 Å². The lowest BCUT2D eigenvalue weighted by atomic mass is 9.82. The Morgan fingerprint density at radius 1 is 1.33 bits per heavy atom. The maximum Gasteiger partial charge on any atom is 0.407 e. The number of nitrogens with zero attached hydrogens (tertiary/aromatic N) is 2. The molecular weight excluding hydrogens is 232 g/mol. The highest BCUT2D eigenvalue weighted by atomic mass is 16.5. The lowest BCUT2D eigenvalue weighted by Gasteiger charge is -2.45. The van der Waals surface area contributed by atoms with Gasteiger partial charge in [-0.3, -0.25) is 4.90 Å². The van der Waals surface area contributed by atoms with Crippen LogP contribution in [-0.2, 0) is 4.74 Å². The third kappa shape index (κ3) is 3.14. The third-order valence-corrected chi connectivity index (χ3v) is 4.13. The zero-order chi connectivity index (χ0) is 13.2. The lowest BCUT2D eigenvalue weighted by molar-refractivity contribution is 0.00721. The maximum absolute atomic E-state index is 11.2. The summed E-state index contributed by atoms with van der Waals surface area (Å²) >= 11 is 0. The molecule has 1 unspecified atom stereocenters. The van der Waals surface area contributed by atoms with Crippen LogP contribution in [0.3, 0.4) is 0 Å². The molecule has 2 aliphatic heterocycles. The van der Waals surface area contributed by atoms with E-state index in [0.29, 0.717) is 12.5 Å². The molecule has 0 spiro atoms. The molecule has 1 amide bonds. The van der Waals surface area contributed by atoms with Gasteiger partial charge in [-0.2, -0.15) is 0 Å². The molecule has 2 heterocycles. The average molecular weight is 256 g/mol. The van der Waals surface area contributed by atoms with Crippen molar-refractivity contribution in [1.29, 1.82) is 0 Å². The van der Waals surface area contributed by atoms with Crippen LogP contribution in [0.15, 0.2) is 0 Å². The van der Waals surface area contributed by atoms with Gasteiger partial charge in [0.1, 0.15) is 0 Å². The number of ether oxygens (including phenoxy) is 1. The fourth-order valence-electron chi connectivity index (χ4n) is 3.19. The molecule has 5 heteroatoms. The first-order chi connectivity index (χ1) is 8.49. The van der Waals surface area contributed by atoms with Crippen LogP contribution >= 0.6 is 0 Å². The Hall–Kier alpha value is -0.810. The lowest BCUT2D eigenvalue weighted by Crippen LogP contribution is -2.54. The first-order valence-electron chi connectivity index (χ1n) is 6.80. The van der Waals surface area contributed by atoms with Crippen LogP contribution < -0.4 is 0 Å². The molecule has 0 aromatic rings. The predicted molar refractivity (Wildman–Crippen MR) is 68.8 cm³/mol. The third-order valence-electron chi connectivity index (χ3n) is 4.13. The number of morpholine rings is 1. The number of rotatable bonds is 2. The molecule has 18 heavy (non-hydrogen) atoms. The van der Waals surface area contributed by atoms with Crippen molar-refractivity contribution in [3.8, 4) is 0 Å². The highest BCUT2D eigenvalue weighted by Crippen LogP contribution is 2.32. The van der Waals surface area contributed by atoms with E-state index in [4.69, 9.17) is 4.74 Å². The molecular formula is C13H24N2O3. The van der Waals surface area contributed by atoms with Crippen LogP contribution in [0.25, 0.3) is 0 Å². The molecule has 0 aromatic heterocycles. The first kappa shape index (κ1) is 13.6. The Balaban J connectivity index is 1.87. The number of hydrogen-bond acceptors (Lipinski definition) is 3. The van der Waals surface area contributed by atoms with E-state index < -0.39 is 6.09 Å². The monoisotopic (exact) mass is 256 g/mol. The summed E-state index contributed by atoms with van der Waals surface area (Å²) in [6.07, 6.45) is 1.15. The molecule has 0 aliphatic carbocycles. The van der Waals surface area contributed by atoms with Gasteiger partial charge in [0.25, 0.3) is 0 Å². The summed E-state index contributed by atoms with van der Waals surface area (Å²) in [6, 6.07) is 0. The zero-order valence-corrected chi connectivity index (χ0v) is 11.4. The van der Waals surface area contributed by atoms with Gasteiger partial charge in [0.2, 0.25) is 0 Å². The van der Waals surface area contributed by atoms with Crippen LogP contribution in [0.1, 0.15) is 26.7 Å². The largest absolute Gasteiger partial charge is 0.465 e. The Morgan fingerprint density at radius 2 is 2.00 bits per heavy atom. The molecule has 104 valence electrons. The number of hydrogen-bond donors (Lipinski definition) is 1. The van der Waals surface area contributed by atoms with Gasteiger partial charge in [0, 0.05) is 31.7 Å². The summed E-state index contributed by atoms with van der Waals surface area (Å²) in [7, 11) is 0. The number of likely N-dealkylation sites (tertiary alicyclic amines) is 1. The summed E-state index contributed by atoms with van der Waals surface area (Å²) in [5.41, 5.74) is -0.235. The minimum atomic E-state index is -0.787. The SMILES string of the molecule is CC1(C)CC(CN2CCOCC2)CCN1C(=O)O. The van der Waals surface area contributed by atoms with Crippen molar-refractivity contribution < 1.29 is 14.6 Å². The van der Waals surface area contributed by atoms with Crippen LogP contribution in [0.2, 0.25) is 0 Å². The zero-order valence-electron chi connectivity index (χ0n) is 11.4. The first-order valence-corrected chi connectivity index (χ1v) is 6.80. The topological polar surface area (TPSA) is 53.0 Å². The number of piperidine rings is 1. The number of amides is 1. The summed E-state index contributed by atoms with van der Waals surface area (Å²) in [5.74, 6) is 0.605. The van der Waals surface area contributed by atoms with Crippen molar-refractivity contribution in [3.63, 3.8) is 0 Å². The molecule has 0 aromatic carbocycles. The van der Waals surface area contributed by atoms with Gasteiger partial charge in [-0.15, -0.1) is 0 Å². The molecule has 0 radical (unpaired) electrons. The second kappa shape index (κ2) is 5.45. The van der Waals surface area contributed by atoms with Crippen LogP contribution in [0.5, 0.6) is 0 Å². The summed E-state index contributed by atoms with van der Waals surface area (Å²) in [5, 5.41) is 9.18. The van der Waals surface area contributed by atoms with Crippen molar-refractivity contribution >= 4 is 6.09 Å². The summed E-state index contributed by atoms with van der Waals surface area (Å²) in [4.78, 5) is 15.2. The van der Waals surface area contributed by atoms with Crippen molar-refractivity contribution in [2.24, 2.45) is 5.92 Å². The van der Waals surface area contributed by atoms with Crippen molar-refractivity contribution in [3.05, 3.63) is 0 Å². The highest BCUT2D eigenvalue weighted by Gasteiger charge is 2.38. The molecule has 0 bridgehead atoms. The van der Waals surface area contributed by atoms with E-state index in [1.165, 1.54) is 0 Å². The quantitative estimate of drug-likeness (QED) is 0.813. The Bertz CT molecular complexity index is 301. The normalized spacial score (nSPS) is 29.2. The molecule has 2 aliphatic rings. The average Bonchev–Trinajstić information content (AvgIpc) is 2.28. The Kier molecular flexibility index (Phi) is 4.12. The van der Waals surface area contributed by atoms with Gasteiger partial charge in [0.15, 0.2) is 0 Å². The van der Waals surface area contributed by atoms with E-state index >= 15 is 0 Å². The second-order valence-electron chi connectivity index (χ2n) is 6.02. The minimum absolute atomic E-state index is 0.235. The minimum Gasteiger partial charge on any atom is -0.465 e. The van der Waals surface area contributed by atoms with Crippen molar-refractivity contribution in [2.45, 2.75) is 32.2 Å². The van der Waals surface area contributed by atoms with E-state index in [-0.39, 0.29) is 5.54 Å². The van der Waals surface area contributed by atoms with Crippen LogP contribution in [0, 0.1) is 5.92 Å². The fraction of sp³-hybridized carbons (Fsp3) is 0.923. The Morgan fingerprint density at radius 3 is 2.56 bits per heavy atom. The fourth-order valence-corrected chi connectivity index (χ4v) is 3.19. The summed E-state index contributed by atoms with van der Waals surface area (Å²) < 4.78 is 5.35. The smallest absolute Gasteiger partial charge is 0.407 e. The van der Waals surface area contributed by atoms with E-state index in [0.717, 1.165) is 45.7 Å². The molecule has 1 N–H and O–H groups in total. The van der Waals surface area contributed by atoms with Crippen LogP contribution in [0.4, 0.5) is 4.79 Å².